The van der Waals surface area contributed by atoms with Crippen molar-refractivity contribution in [1.82, 2.24) is 10.2 Å². The highest BCUT2D eigenvalue weighted by Gasteiger charge is 2.59. The van der Waals surface area contributed by atoms with Gasteiger partial charge in [0.05, 0.1) is 0 Å². The fourth-order valence-electron chi connectivity index (χ4n) is 3.34. The van der Waals surface area contributed by atoms with E-state index < -0.39 is 0 Å². The van der Waals surface area contributed by atoms with Gasteiger partial charge >= 0.3 is 0 Å². The van der Waals surface area contributed by atoms with E-state index in [0.717, 1.165) is 45.4 Å². The zero-order chi connectivity index (χ0) is 13.6. The summed E-state index contributed by atoms with van der Waals surface area (Å²) < 4.78 is 5.43. The molecule has 1 aliphatic carbocycles. The van der Waals surface area contributed by atoms with Crippen molar-refractivity contribution in [3.8, 4) is 0 Å². The van der Waals surface area contributed by atoms with Crippen LogP contribution in [-0.4, -0.2) is 36.1 Å². The van der Waals surface area contributed by atoms with Gasteiger partial charge in [-0.2, -0.15) is 0 Å². The van der Waals surface area contributed by atoms with Gasteiger partial charge in [-0.3, -0.25) is 10.1 Å². The summed E-state index contributed by atoms with van der Waals surface area (Å²) in [6.07, 6.45) is 4.24. The molecular weight excluding hydrogens is 272 g/mol. The molecule has 1 aromatic rings. The van der Waals surface area contributed by atoms with Crippen molar-refractivity contribution < 1.29 is 9.53 Å². The monoisotopic (exact) mass is 292 g/mol. The molecule has 3 heterocycles. The highest BCUT2D eigenvalue weighted by Crippen LogP contribution is 2.47. The maximum atomic E-state index is 12.7. The molecule has 4 rings (SSSR count). The van der Waals surface area contributed by atoms with Gasteiger partial charge in [0.25, 0.3) is 0 Å². The van der Waals surface area contributed by atoms with E-state index in [1.54, 1.807) is 11.3 Å². The Bertz CT molecular complexity index is 492. The summed E-state index contributed by atoms with van der Waals surface area (Å²) >= 11 is 1.74. The third-order valence-corrected chi connectivity index (χ3v) is 5.68. The van der Waals surface area contributed by atoms with Gasteiger partial charge in [-0.25, -0.2) is 0 Å². The number of carbonyl (C=O) groups is 1. The molecule has 3 aliphatic rings. The van der Waals surface area contributed by atoms with Crippen molar-refractivity contribution in [1.29, 1.82) is 0 Å². The van der Waals surface area contributed by atoms with Gasteiger partial charge in [0.1, 0.15) is 11.7 Å². The summed E-state index contributed by atoms with van der Waals surface area (Å²) in [5.74, 6) is 0.910. The Morgan fingerprint density at radius 1 is 1.40 bits per heavy atom. The van der Waals surface area contributed by atoms with E-state index in [-0.39, 0.29) is 11.7 Å². The van der Waals surface area contributed by atoms with Crippen molar-refractivity contribution in [3.63, 3.8) is 0 Å². The first-order valence-electron chi connectivity index (χ1n) is 7.48. The first-order valence-corrected chi connectivity index (χ1v) is 8.36. The number of carbonyl (C=O) groups excluding carboxylic acids is 1. The minimum absolute atomic E-state index is 0.0906. The summed E-state index contributed by atoms with van der Waals surface area (Å²) in [6, 6.07) is 4.20. The van der Waals surface area contributed by atoms with Crippen LogP contribution < -0.4 is 5.32 Å². The van der Waals surface area contributed by atoms with E-state index in [2.05, 4.69) is 27.7 Å². The van der Waals surface area contributed by atoms with Gasteiger partial charge in [-0.1, -0.05) is 6.07 Å². The van der Waals surface area contributed by atoms with Crippen LogP contribution in [0.2, 0.25) is 0 Å². The second-order valence-corrected chi connectivity index (χ2v) is 7.14. The molecule has 1 amide bonds. The molecule has 1 unspecified atom stereocenters. The number of nitrogens with one attached hydrogen (secondary N) is 1. The van der Waals surface area contributed by atoms with Gasteiger partial charge in [0, 0.05) is 24.6 Å². The van der Waals surface area contributed by atoms with Gasteiger partial charge in [-0.15, -0.1) is 11.3 Å². The molecule has 20 heavy (non-hydrogen) atoms. The van der Waals surface area contributed by atoms with Crippen LogP contribution in [0.15, 0.2) is 17.5 Å². The number of amides is 1. The molecule has 108 valence electrons. The second kappa shape index (κ2) is 4.83. The topological polar surface area (TPSA) is 41.6 Å². The molecule has 4 nitrogen and oxygen atoms in total. The second-order valence-electron chi connectivity index (χ2n) is 6.16. The lowest BCUT2D eigenvalue weighted by atomic mass is 9.99. The molecule has 0 aromatic carbocycles. The Morgan fingerprint density at radius 3 is 2.85 bits per heavy atom. The van der Waals surface area contributed by atoms with Crippen LogP contribution >= 0.6 is 11.3 Å². The zero-order valence-corrected chi connectivity index (χ0v) is 12.3. The van der Waals surface area contributed by atoms with E-state index in [1.807, 2.05) is 0 Å². The molecular formula is C15H20N2O2S. The van der Waals surface area contributed by atoms with E-state index in [1.165, 1.54) is 4.88 Å². The smallest absolute Gasteiger partial charge is 0.244 e. The van der Waals surface area contributed by atoms with Crippen LogP contribution in [0.5, 0.6) is 0 Å². The lowest BCUT2D eigenvalue weighted by molar-refractivity contribution is -0.131. The molecule has 2 aliphatic heterocycles. The van der Waals surface area contributed by atoms with Crippen molar-refractivity contribution in [2.45, 2.75) is 37.4 Å². The number of rotatable bonds is 3. The minimum atomic E-state index is -0.222. The Hall–Kier alpha value is -0.910. The number of nitrogens with zero attached hydrogens (tertiary/aromatic N) is 1. The first kappa shape index (κ1) is 12.8. The summed E-state index contributed by atoms with van der Waals surface area (Å²) in [6.45, 7) is 2.56. The number of hydrogen-bond donors (Lipinski definition) is 1. The van der Waals surface area contributed by atoms with E-state index in [0.29, 0.717) is 11.8 Å². The largest absolute Gasteiger partial charge is 0.381 e. The Labute approximate surface area is 123 Å². The maximum Gasteiger partial charge on any atom is 0.244 e. The summed E-state index contributed by atoms with van der Waals surface area (Å²) in [4.78, 5) is 16.1. The molecule has 1 atom stereocenters. The number of thiophene rings is 1. The fourth-order valence-corrected chi connectivity index (χ4v) is 4.13. The maximum absolute atomic E-state index is 12.7. The van der Waals surface area contributed by atoms with E-state index >= 15 is 0 Å². The lowest BCUT2D eigenvalue weighted by Crippen LogP contribution is -2.37. The number of hydrogen-bond acceptors (Lipinski definition) is 4. The fraction of sp³-hybridized carbons (Fsp3) is 0.667. The Morgan fingerprint density at radius 2 is 2.20 bits per heavy atom. The third-order valence-electron chi connectivity index (χ3n) is 4.75. The van der Waals surface area contributed by atoms with Crippen LogP contribution in [-0.2, 0) is 9.53 Å². The van der Waals surface area contributed by atoms with E-state index in [4.69, 9.17) is 4.74 Å². The average molecular weight is 292 g/mol. The first-order chi connectivity index (χ1) is 9.78. The van der Waals surface area contributed by atoms with E-state index in [9.17, 15) is 4.79 Å². The third kappa shape index (κ3) is 2.08. The number of ether oxygens (including phenoxy) is 1. The van der Waals surface area contributed by atoms with Crippen LogP contribution in [0, 0.1) is 5.92 Å². The highest BCUT2D eigenvalue weighted by atomic mass is 32.1. The summed E-state index contributed by atoms with van der Waals surface area (Å²) in [5.41, 5.74) is -0.222. The molecule has 3 fully saturated rings. The molecule has 0 bridgehead atoms. The van der Waals surface area contributed by atoms with Crippen molar-refractivity contribution in [2.24, 2.45) is 5.92 Å². The SMILES string of the molecule is O=C1N(CC2CCOCC2)C(c2cccs2)NC12CC2. The van der Waals surface area contributed by atoms with Gasteiger partial charge < -0.3 is 9.64 Å². The quantitative estimate of drug-likeness (QED) is 0.928. The Balaban J connectivity index is 1.55. The Kier molecular flexibility index (Phi) is 3.09. The van der Waals surface area contributed by atoms with Crippen molar-refractivity contribution in [2.75, 3.05) is 19.8 Å². The standard InChI is InChI=1S/C15H20N2O2S/c18-14-15(5-6-15)16-13(12-2-1-9-20-12)17(14)10-11-3-7-19-8-4-11/h1-2,9,11,13,16H,3-8,10H2. The molecule has 5 heteroatoms. The molecule has 1 saturated carbocycles. The minimum Gasteiger partial charge on any atom is -0.381 e. The van der Waals surface area contributed by atoms with Gasteiger partial charge in [-0.05, 0) is 43.0 Å². The zero-order valence-electron chi connectivity index (χ0n) is 11.5. The predicted molar refractivity (Wildman–Crippen MR) is 77.4 cm³/mol. The summed E-state index contributed by atoms with van der Waals surface area (Å²) in [5, 5.41) is 5.68. The van der Waals surface area contributed by atoms with Gasteiger partial charge in [0.2, 0.25) is 5.91 Å². The van der Waals surface area contributed by atoms with Crippen molar-refractivity contribution >= 4 is 17.2 Å². The molecule has 2 saturated heterocycles. The molecule has 1 aromatic heterocycles. The summed E-state index contributed by atoms with van der Waals surface area (Å²) in [7, 11) is 0. The van der Waals surface area contributed by atoms with Crippen LogP contribution in [0.1, 0.15) is 36.7 Å². The molecule has 1 spiro atoms. The van der Waals surface area contributed by atoms with Crippen molar-refractivity contribution in [3.05, 3.63) is 22.4 Å². The average Bonchev–Trinajstić information content (AvgIpc) is 2.96. The molecule has 0 radical (unpaired) electrons. The highest BCUT2D eigenvalue weighted by molar-refractivity contribution is 7.10. The van der Waals surface area contributed by atoms with Crippen LogP contribution in [0.3, 0.4) is 0 Å². The van der Waals surface area contributed by atoms with Gasteiger partial charge in [0.15, 0.2) is 0 Å². The van der Waals surface area contributed by atoms with Crippen LogP contribution in [0.4, 0.5) is 0 Å². The normalized spacial score (nSPS) is 29.3. The van der Waals surface area contributed by atoms with Crippen LogP contribution in [0.25, 0.3) is 0 Å². The lowest BCUT2D eigenvalue weighted by Gasteiger charge is -2.30. The predicted octanol–water partition coefficient (Wildman–Crippen LogP) is 2.14. The molecule has 1 N–H and O–H groups in total.